The van der Waals surface area contributed by atoms with Crippen molar-refractivity contribution in [1.82, 2.24) is 20.4 Å². The molecule has 0 spiro atoms. The van der Waals surface area contributed by atoms with Gasteiger partial charge >= 0.3 is 0 Å². The SMILES string of the molecule is O=c1ccc2ccc3nnncc3c2[nH]1. The van der Waals surface area contributed by atoms with E-state index in [1.165, 1.54) is 6.07 Å². The van der Waals surface area contributed by atoms with Crippen LogP contribution in [-0.2, 0) is 0 Å². The summed E-state index contributed by atoms with van der Waals surface area (Å²) in [6, 6.07) is 7.01. The van der Waals surface area contributed by atoms with Gasteiger partial charge in [0.15, 0.2) is 0 Å². The normalized spacial score (nSPS) is 10.9. The second-order valence-electron chi connectivity index (χ2n) is 3.22. The van der Waals surface area contributed by atoms with Crippen molar-refractivity contribution in [1.29, 1.82) is 0 Å². The molecular weight excluding hydrogens is 192 g/mol. The van der Waals surface area contributed by atoms with Crippen molar-refractivity contribution in [2.24, 2.45) is 0 Å². The number of fused-ring (bicyclic) bond motifs is 3. The first-order valence-electron chi connectivity index (χ1n) is 4.45. The zero-order chi connectivity index (χ0) is 10.3. The molecule has 0 amide bonds. The second kappa shape index (κ2) is 2.84. The summed E-state index contributed by atoms with van der Waals surface area (Å²) in [5, 5.41) is 12.9. The zero-order valence-electron chi connectivity index (χ0n) is 7.64. The third-order valence-electron chi connectivity index (χ3n) is 2.31. The van der Waals surface area contributed by atoms with Gasteiger partial charge < -0.3 is 4.98 Å². The third-order valence-corrected chi connectivity index (χ3v) is 2.31. The first kappa shape index (κ1) is 8.05. The van der Waals surface area contributed by atoms with Crippen LogP contribution in [0.1, 0.15) is 0 Å². The molecule has 0 fully saturated rings. The van der Waals surface area contributed by atoms with Crippen molar-refractivity contribution in [3.8, 4) is 0 Å². The van der Waals surface area contributed by atoms with Crippen molar-refractivity contribution in [3.63, 3.8) is 0 Å². The van der Waals surface area contributed by atoms with Gasteiger partial charge in [-0.2, -0.15) is 0 Å². The molecule has 15 heavy (non-hydrogen) atoms. The Morgan fingerprint density at radius 2 is 2.00 bits per heavy atom. The lowest BCUT2D eigenvalue weighted by Crippen LogP contribution is -2.03. The van der Waals surface area contributed by atoms with Crippen LogP contribution in [0.15, 0.2) is 35.3 Å². The molecular formula is C10H6N4O. The van der Waals surface area contributed by atoms with Crippen LogP contribution in [0.25, 0.3) is 21.8 Å². The number of aromatic amines is 1. The minimum Gasteiger partial charge on any atom is -0.321 e. The number of H-pyrrole nitrogens is 1. The summed E-state index contributed by atoms with van der Waals surface area (Å²) in [7, 11) is 0. The number of hydrogen-bond donors (Lipinski definition) is 1. The van der Waals surface area contributed by atoms with Crippen molar-refractivity contribution < 1.29 is 0 Å². The van der Waals surface area contributed by atoms with Crippen molar-refractivity contribution in [2.45, 2.75) is 0 Å². The van der Waals surface area contributed by atoms with Crippen LogP contribution in [0.3, 0.4) is 0 Å². The molecule has 0 radical (unpaired) electrons. The molecule has 0 aliphatic rings. The Kier molecular flexibility index (Phi) is 1.53. The maximum absolute atomic E-state index is 11.2. The van der Waals surface area contributed by atoms with Crippen LogP contribution in [-0.4, -0.2) is 20.4 Å². The first-order chi connectivity index (χ1) is 7.34. The number of benzene rings is 1. The van der Waals surface area contributed by atoms with Gasteiger partial charge in [0.25, 0.3) is 0 Å². The van der Waals surface area contributed by atoms with E-state index in [0.29, 0.717) is 0 Å². The predicted octanol–water partition coefficient (Wildman–Crippen LogP) is 0.866. The molecule has 0 aliphatic heterocycles. The summed E-state index contributed by atoms with van der Waals surface area (Å²) in [4.78, 5) is 14.0. The fourth-order valence-electron chi connectivity index (χ4n) is 1.61. The smallest absolute Gasteiger partial charge is 0.248 e. The van der Waals surface area contributed by atoms with Gasteiger partial charge in [-0.25, -0.2) is 0 Å². The van der Waals surface area contributed by atoms with E-state index in [-0.39, 0.29) is 5.56 Å². The molecule has 5 nitrogen and oxygen atoms in total. The predicted molar refractivity (Wildman–Crippen MR) is 55.5 cm³/mol. The fraction of sp³-hybridized carbons (Fsp3) is 0. The number of nitrogens with zero attached hydrogens (tertiary/aromatic N) is 3. The number of nitrogens with one attached hydrogen (secondary N) is 1. The highest BCUT2D eigenvalue weighted by molar-refractivity contribution is 6.02. The van der Waals surface area contributed by atoms with E-state index >= 15 is 0 Å². The van der Waals surface area contributed by atoms with Crippen LogP contribution >= 0.6 is 0 Å². The number of rotatable bonds is 0. The molecule has 2 aromatic heterocycles. The molecule has 0 saturated carbocycles. The third kappa shape index (κ3) is 1.17. The van der Waals surface area contributed by atoms with Gasteiger partial charge in [0.1, 0.15) is 0 Å². The van der Waals surface area contributed by atoms with E-state index in [2.05, 4.69) is 20.4 Å². The van der Waals surface area contributed by atoms with Gasteiger partial charge in [0, 0.05) is 11.5 Å². The summed E-state index contributed by atoms with van der Waals surface area (Å²) in [5.74, 6) is 0. The monoisotopic (exact) mass is 198 g/mol. The fourth-order valence-corrected chi connectivity index (χ4v) is 1.61. The lowest BCUT2D eigenvalue weighted by Gasteiger charge is -2.00. The molecule has 0 bridgehead atoms. The van der Waals surface area contributed by atoms with Gasteiger partial charge in [-0.15, -0.1) is 10.2 Å². The summed E-state index contributed by atoms with van der Waals surface area (Å²) in [6.45, 7) is 0. The van der Waals surface area contributed by atoms with Crippen molar-refractivity contribution >= 4 is 21.8 Å². The maximum Gasteiger partial charge on any atom is 0.248 e. The molecule has 0 aliphatic carbocycles. The van der Waals surface area contributed by atoms with Crippen LogP contribution in [0.4, 0.5) is 0 Å². The lowest BCUT2D eigenvalue weighted by molar-refractivity contribution is 0.896. The molecule has 1 N–H and O–H groups in total. The Labute approximate surface area is 83.8 Å². The van der Waals surface area contributed by atoms with Crippen LogP contribution in [0.5, 0.6) is 0 Å². The highest BCUT2D eigenvalue weighted by Crippen LogP contribution is 2.18. The Morgan fingerprint density at radius 3 is 2.93 bits per heavy atom. The van der Waals surface area contributed by atoms with Crippen LogP contribution < -0.4 is 5.56 Å². The minimum absolute atomic E-state index is 0.133. The topological polar surface area (TPSA) is 71.5 Å². The van der Waals surface area contributed by atoms with E-state index in [9.17, 15) is 4.79 Å². The minimum atomic E-state index is -0.133. The van der Waals surface area contributed by atoms with E-state index in [0.717, 1.165) is 21.8 Å². The van der Waals surface area contributed by atoms with Crippen LogP contribution in [0.2, 0.25) is 0 Å². The van der Waals surface area contributed by atoms with Gasteiger partial charge in [-0.3, -0.25) is 4.79 Å². The summed E-state index contributed by atoms with van der Waals surface area (Å²) in [5.41, 5.74) is 1.34. The van der Waals surface area contributed by atoms with E-state index in [1.54, 1.807) is 12.3 Å². The largest absolute Gasteiger partial charge is 0.321 e. The Morgan fingerprint density at radius 1 is 1.13 bits per heavy atom. The van der Waals surface area contributed by atoms with E-state index in [1.807, 2.05) is 12.1 Å². The number of hydrogen-bond acceptors (Lipinski definition) is 4. The van der Waals surface area contributed by atoms with Crippen molar-refractivity contribution in [2.75, 3.05) is 0 Å². The Bertz CT molecular complexity index is 704. The lowest BCUT2D eigenvalue weighted by atomic mass is 10.1. The molecule has 0 atom stereocenters. The van der Waals surface area contributed by atoms with Gasteiger partial charge in [0.05, 0.1) is 17.2 Å². The zero-order valence-corrected chi connectivity index (χ0v) is 7.64. The molecule has 3 aromatic rings. The highest BCUT2D eigenvalue weighted by Gasteiger charge is 2.01. The molecule has 5 heteroatoms. The Balaban J connectivity index is 2.63. The molecule has 0 saturated heterocycles. The standard InChI is InChI=1S/C10H6N4O/c15-9-4-2-6-1-3-8-7(10(6)12-9)5-11-14-13-8/h1-5H,(H,12,15). The van der Waals surface area contributed by atoms with Crippen molar-refractivity contribution in [3.05, 3.63) is 40.8 Å². The summed E-state index contributed by atoms with van der Waals surface area (Å²) >= 11 is 0. The molecule has 0 unspecified atom stereocenters. The average molecular weight is 198 g/mol. The Hall–Kier alpha value is -2.30. The van der Waals surface area contributed by atoms with Gasteiger partial charge in [-0.1, -0.05) is 6.07 Å². The number of aromatic nitrogens is 4. The molecule has 2 heterocycles. The molecule has 1 aromatic carbocycles. The van der Waals surface area contributed by atoms with Crippen LogP contribution in [0, 0.1) is 0 Å². The first-order valence-corrected chi connectivity index (χ1v) is 4.45. The summed E-state index contributed by atoms with van der Waals surface area (Å²) < 4.78 is 0. The number of pyridine rings is 1. The average Bonchev–Trinajstić information content (AvgIpc) is 2.29. The second-order valence-corrected chi connectivity index (χ2v) is 3.22. The van der Waals surface area contributed by atoms with E-state index in [4.69, 9.17) is 0 Å². The highest BCUT2D eigenvalue weighted by atomic mass is 16.1. The van der Waals surface area contributed by atoms with E-state index < -0.39 is 0 Å². The maximum atomic E-state index is 11.2. The molecule has 72 valence electrons. The van der Waals surface area contributed by atoms with Gasteiger partial charge in [-0.05, 0) is 22.7 Å². The summed E-state index contributed by atoms with van der Waals surface area (Å²) in [6.07, 6.45) is 1.60. The quantitative estimate of drug-likeness (QED) is 0.544. The molecule has 3 rings (SSSR count). The van der Waals surface area contributed by atoms with Gasteiger partial charge in [0.2, 0.25) is 5.56 Å².